The molecule has 2 heterocycles. The lowest BCUT2D eigenvalue weighted by Gasteiger charge is -1.97. The van der Waals surface area contributed by atoms with E-state index in [1.807, 2.05) is 29.6 Å². The van der Waals surface area contributed by atoms with Gasteiger partial charge in [-0.05, 0) is 24.3 Å². The van der Waals surface area contributed by atoms with Gasteiger partial charge in [-0.25, -0.2) is 9.37 Å². The number of benzene rings is 1. The van der Waals surface area contributed by atoms with Gasteiger partial charge < -0.3 is 0 Å². The minimum absolute atomic E-state index is 0.340. The van der Waals surface area contributed by atoms with Crippen LogP contribution in [0.25, 0.3) is 22.0 Å². The van der Waals surface area contributed by atoms with Crippen LogP contribution in [0.5, 0.6) is 0 Å². The molecule has 0 radical (unpaired) electrons. The minimum Gasteiger partial charge on any atom is -0.251 e. The molecule has 0 saturated heterocycles. The van der Waals surface area contributed by atoms with E-state index in [2.05, 4.69) is 25.9 Å². The second kappa shape index (κ2) is 5.19. The molecule has 0 aliphatic rings. The second-order valence-corrected chi connectivity index (χ2v) is 5.68. The maximum Gasteiger partial charge on any atom is 0.142 e. The first kappa shape index (κ1) is 12.4. The van der Waals surface area contributed by atoms with Crippen LogP contribution in [0.1, 0.15) is 0 Å². The molecule has 0 amide bonds. The van der Waals surface area contributed by atoms with Crippen LogP contribution in [0, 0.1) is 5.82 Å². The third kappa shape index (κ3) is 2.72. The van der Waals surface area contributed by atoms with Crippen molar-refractivity contribution in [3.8, 4) is 22.0 Å². The lowest BCUT2D eigenvalue weighted by atomic mass is 10.2. The zero-order valence-corrected chi connectivity index (χ0v) is 12.1. The van der Waals surface area contributed by atoms with Crippen molar-refractivity contribution < 1.29 is 4.39 Å². The Morgan fingerprint density at radius 1 is 1.11 bits per heavy atom. The van der Waals surface area contributed by atoms with Gasteiger partial charge in [0.25, 0.3) is 0 Å². The van der Waals surface area contributed by atoms with Crippen LogP contribution in [-0.4, -0.2) is 9.97 Å². The van der Waals surface area contributed by atoms with E-state index in [-0.39, 0.29) is 5.82 Å². The minimum atomic E-state index is -0.340. The molecule has 3 rings (SSSR count). The first-order chi connectivity index (χ1) is 9.22. The smallest absolute Gasteiger partial charge is 0.142 e. The molecule has 0 aliphatic carbocycles. The average Bonchev–Trinajstić information content (AvgIpc) is 2.89. The molecular formula is C14H8BrFN2S. The van der Waals surface area contributed by atoms with E-state index < -0.39 is 0 Å². The van der Waals surface area contributed by atoms with Crippen molar-refractivity contribution in [3.05, 3.63) is 58.3 Å². The monoisotopic (exact) mass is 334 g/mol. The fraction of sp³-hybridized carbons (Fsp3) is 0. The van der Waals surface area contributed by atoms with Gasteiger partial charge in [-0.2, -0.15) is 0 Å². The zero-order valence-electron chi connectivity index (χ0n) is 9.68. The van der Waals surface area contributed by atoms with Crippen molar-refractivity contribution in [2.45, 2.75) is 0 Å². The lowest BCUT2D eigenvalue weighted by molar-refractivity contribution is 0.622. The van der Waals surface area contributed by atoms with Crippen molar-refractivity contribution in [1.29, 1.82) is 0 Å². The SMILES string of the molecule is Fc1ccc(-c2nc(-c3cccc(Br)c3)cs2)nc1. The van der Waals surface area contributed by atoms with Crippen molar-refractivity contribution in [1.82, 2.24) is 9.97 Å². The molecule has 0 saturated carbocycles. The molecule has 0 unspecified atom stereocenters. The Morgan fingerprint density at radius 3 is 2.74 bits per heavy atom. The normalized spacial score (nSPS) is 10.6. The molecule has 0 spiro atoms. The zero-order chi connectivity index (χ0) is 13.2. The second-order valence-electron chi connectivity index (χ2n) is 3.91. The van der Waals surface area contributed by atoms with Crippen LogP contribution in [-0.2, 0) is 0 Å². The van der Waals surface area contributed by atoms with E-state index in [0.29, 0.717) is 5.69 Å². The van der Waals surface area contributed by atoms with Gasteiger partial charge in [0.2, 0.25) is 0 Å². The summed E-state index contributed by atoms with van der Waals surface area (Å²) in [6.45, 7) is 0. The van der Waals surface area contributed by atoms with E-state index in [4.69, 9.17) is 0 Å². The van der Waals surface area contributed by atoms with E-state index in [0.717, 1.165) is 20.7 Å². The summed E-state index contributed by atoms with van der Waals surface area (Å²) in [7, 11) is 0. The Labute approximate surface area is 122 Å². The molecule has 0 bridgehead atoms. The predicted molar refractivity (Wildman–Crippen MR) is 78.4 cm³/mol. The summed E-state index contributed by atoms with van der Waals surface area (Å²) in [4.78, 5) is 8.57. The van der Waals surface area contributed by atoms with Gasteiger partial charge in [-0.1, -0.05) is 28.1 Å². The number of pyridine rings is 1. The summed E-state index contributed by atoms with van der Waals surface area (Å²) in [5.41, 5.74) is 2.62. The molecule has 0 atom stereocenters. The summed E-state index contributed by atoms with van der Waals surface area (Å²) in [5, 5.41) is 2.76. The molecule has 5 heteroatoms. The highest BCUT2D eigenvalue weighted by molar-refractivity contribution is 9.10. The number of aromatic nitrogens is 2. The maximum absolute atomic E-state index is 12.8. The van der Waals surface area contributed by atoms with Gasteiger partial charge in [0.05, 0.1) is 17.6 Å². The molecule has 0 N–H and O–H groups in total. The Morgan fingerprint density at radius 2 is 2.00 bits per heavy atom. The molecule has 2 aromatic heterocycles. The lowest BCUT2D eigenvalue weighted by Crippen LogP contribution is -1.84. The summed E-state index contributed by atoms with van der Waals surface area (Å²) < 4.78 is 13.8. The number of halogens is 2. The van der Waals surface area contributed by atoms with Crippen LogP contribution in [0.15, 0.2) is 52.4 Å². The van der Waals surface area contributed by atoms with Crippen molar-refractivity contribution in [2.24, 2.45) is 0 Å². The van der Waals surface area contributed by atoms with Crippen LogP contribution in [0.3, 0.4) is 0 Å². The molecular weight excluding hydrogens is 327 g/mol. The summed E-state index contributed by atoms with van der Waals surface area (Å²) in [6, 6.07) is 11.0. The van der Waals surface area contributed by atoms with Crippen LogP contribution in [0.4, 0.5) is 4.39 Å². The van der Waals surface area contributed by atoms with E-state index in [1.165, 1.54) is 23.6 Å². The van der Waals surface area contributed by atoms with E-state index >= 15 is 0 Å². The number of nitrogens with zero attached hydrogens (tertiary/aromatic N) is 2. The maximum atomic E-state index is 12.8. The van der Waals surface area contributed by atoms with Gasteiger partial charge in [0.1, 0.15) is 10.8 Å². The summed E-state index contributed by atoms with van der Waals surface area (Å²) >= 11 is 4.94. The van der Waals surface area contributed by atoms with Gasteiger partial charge in [0, 0.05) is 15.4 Å². The highest BCUT2D eigenvalue weighted by Gasteiger charge is 2.08. The van der Waals surface area contributed by atoms with E-state index in [1.54, 1.807) is 6.07 Å². The van der Waals surface area contributed by atoms with Crippen LogP contribution in [0.2, 0.25) is 0 Å². The topological polar surface area (TPSA) is 25.8 Å². The quantitative estimate of drug-likeness (QED) is 0.674. The fourth-order valence-electron chi connectivity index (χ4n) is 1.67. The Bertz CT molecular complexity index is 709. The van der Waals surface area contributed by atoms with Gasteiger partial charge in [0.15, 0.2) is 0 Å². The van der Waals surface area contributed by atoms with Crippen molar-refractivity contribution in [2.75, 3.05) is 0 Å². The molecule has 0 aliphatic heterocycles. The molecule has 19 heavy (non-hydrogen) atoms. The molecule has 1 aromatic carbocycles. The van der Waals surface area contributed by atoms with Crippen LogP contribution < -0.4 is 0 Å². The number of hydrogen-bond donors (Lipinski definition) is 0. The predicted octanol–water partition coefficient (Wildman–Crippen LogP) is 4.77. The molecule has 3 aromatic rings. The number of rotatable bonds is 2. The molecule has 94 valence electrons. The van der Waals surface area contributed by atoms with Gasteiger partial charge >= 0.3 is 0 Å². The first-order valence-electron chi connectivity index (χ1n) is 5.56. The fourth-order valence-corrected chi connectivity index (χ4v) is 2.88. The van der Waals surface area contributed by atoms with Crippen LogP contribution >= 0.6 is 27.3 Å². The molecule has 2 nitrogen and oxygen atoms in total. The highest BCUT2D eigenvalue weighted by atomic mass is 79.9. The first-order valence-corrected chi connectivity index (χ1v) is 7.23. The number of thiazole rings is 1. The van der Waals surface area contributed by atoms with E-state index in [9.17, 15) is 4.39 Å². The van der Waals surface area contributed by atoms with Crippen molar-refractivity contribution in [3.63, 3.8) is 0 Å². The Balaban J connectivity index is 1.97. The van der Waals surface area contributed by atoms with Gasteiger partial charge in [-0.3, -0.25) is 4.98 Å². The summed E-state index contributed by atoms with van der Waals surface area (Å²) in [5.74, 6) is -0.340. The largest absolute Gasteiger partial charge is 0.251 e. The molecule has 0 fully saturated rings. The third-order valence-electron chi connectivity index (χ3n) is 2.57. The Kier molecular flexibility index (Phi) is 3.40. The van der Waals surface area contributed by atoms with Gasteiger partial charge in [-0.15, -0.1) is 11.3 Å². The standard InChI is InChI=1S/C14H8BrFN2S/c15-10-3-1-2-9(6-10)13-8-19-14(18-13)12-5-4-11(16)7-17-12/h1-8H. The average molecular weight is 335 g/mol. The highest BCUT2D eigenvalue weighted by Crippen LogP contribution is 2.28. The summed E-state index contributed by atoms with van der Waals surface area (Å²) in [6.07, 6.45) is 1.20. The third-order valence-corrected chi connectivity index (χ3v) is 3.93. The Hall–Kier alpha value is -1.59. The number of hydrogen-bond acceptors (Lipinski definition) is 3. The van der Waals surface area contributed by atoms with Crippen molar-refractivity contribution >= 4 is 27.3 Å².